The summed E-state index contributed by atoms with van der Waals surface area (Å²) in [6, 6.07) is 16.3. The summed E-state index contributed by atoms with van der Waals surface area (Å²) in [7, 11) is 6.50. The molecule has 3 aromatic rings. The molecule has 0 amide bonds. The summed E-state index contributed by atoms with van der Waals surface area (Å²) in [6.07, 6.45) is 1.66. The molecule has 0 saturated carbocycles. The molecule has 150 valence electrons. The van der Waals surface area contributed by atoms with Gasteiger partial charge >= 0.3 is 0 Å². The molecule has 0 unspecified atom stereocenters. The molecular weight excluding hydrogens is 368 g/mol. The molecule has 4 rings (SSSR count). The molecule has 5 heteroatoms. The van der Waals surface area contributed by atoms with E-state index in [1.807, 2.05) is 24.3 Å². The second kappa shape index (κ2) is 7.95. The molecule has 1 heterocycles. The van der Waals surface area contributed by atoms with Gasteiger partial charge in [-0.2, -0.15) is 0 Å². The molecule has 0 bridgehead atoms. The Morgan fingerprint density at radius 2 is 1.34 bits per heavy atom. The van der Waals surface area contributed by atoms with Gasteiger partial charge in [0.25, 0.3) is 0 Å². The number of benzene rings is 3. The highest BCUT2D eigenvalue weighted by Gasteiger charge is 2.25. The van der Waals surface area contributed by atoms with Crippen LogP contribution >= 0.6 is 0 Å². The third-order valence-electron chi connectivity index (χ3n) is 5.22. The van der Waals surface area contributed by atoms with Gasteiger partial charge in [0.2, 0.25) is 11.5 Å². The van der Waals surface area contributed by atoms with Gasteiger partial charge in [0.15, 0.2) is 11.5 Å². The zero-order valence-electron chi connectivity index (χ0n) is 17.1. The van der Waals surface area contributed by atoms with Crippen LogP contribution < -0.4 is 23.7 Å². The molecule has 0 saturated heterocycles. The maximum absolute atomic E-state index is 6.31. The first-order valence-electron chi connectivity index (χ1n) is 9.45. The van der Waals surface area contributed by atoms with Gasteiger partial charge in [0.1, 0.15) is 11.5 Å². The van der Waals surface area contributed by atoms with Crippen LogP contribution in [0.2, 0.25) is 0 Å². The van der Waals surface area contributed by atoms with Crippen molar-refractivity contribution < 1.29 is 23.7 Å². The lowest BCUT2D eigenvalue weighted by atomic mass is 9.99. The standard InChI is InChI=1S/C24H24O5/c1-25-19-10-7-15(8-11-19)16-9-12-20-17(13-16)5-6-18-14-21(26-2)23(27-3)24(28-4)22(18)29-20/h7-14H,5-6H2,1-4H3. The minimum absolute atomic E-state index is 0.534. The van der Waals surface area contributed by atoms with E-state index in [9.17, 15) is 0 Å². The summed E-state index contributed by atoms with van der Waals surface area (Å²) in [5.74, 6) is 4.07. The molecule has 3 aromatic carbocycles. The molecule has 0 spiro atoms. The lowest BCUT2D eigenvalue weighted by Crippen LogP contribution is -2.00. The monoisotopic (exact) mass is 392 g/mol. The third kappa shape index (κ3) is 3.44. The van der Waals surface area contributed by atoms with Crippen molar-refractivity contribution in [3.8, 4) is 45.6 Å². The van der Waals surface area contributed by atoms with E-state index < -0.39 is 0 Å². The Kier molecular flexibility index (Phi) is 5.21. The van der Waals surface area contributed by atoms with Crippen molar-refractivity contribution in [2.75, 3.05) is 28.4 Å². The number of rotatable bonds is 5. The van der Waals surface area contributed by atoms with E-state index in [4.69, 9.17) is 23.7 Å². The lowest BCUT2D eigenvalue weighted by molar-refractivity contribution is 0.312. The summed E-state index contributed by atoms with van der Waals surface area (Å²) in [5.41, 5.74) is 4.45. The van der Waals surface area contributed by atoms with E-state index in [0.29, 0.717) is 23.0 Å². The van der Waals surface area contributed by atoms with Crippen LogP contribution in [0.25, 0.3) is 11.1 Å². The predicted molar refractivity (Wildman–Crippen MR) is 112 cm³/mol. The fourth-order valence-corrected chi connectivity index (χ4v) is 3.69. The number of hydrogen-bond donors (Lipinski definition) is 0. The Bertz CT molecular complexity index is 1020. The van der Waals surface area contributed by atoms with Crippen LogP contribution in [0.5, 0.6) is 34.5 Å². The van der Waals surface area contributed by atoms with Gasteiger partial charge in [-0.1, -0.05) is 18.2 Å². The zero-order valence-corrected chi connectivity index (χ0v) is 17.1. The van der Waals surface area contributed by atoms with Crippen molar-refractivity contribution in [2.24, 2.45) is 0 Å². The van der Waals surface area contributed by atoms with Crippen molar-refractivity contribution in [3.05, 3.63) is 59.7 Å². The summed E-state index contributed by atoms with van der Waals surface area (Å²) >= 11 is 0. The highest BCUT2D eigenvalue weighted by molar-refractivity contribution is 5.69. The molecule has 29 heavy (non-hydrogen) atoms. The van der Waals surface area contributed by atoms with Crippen LogP contribution in [0.4, 0.5) is 0 Å². The number of aryl methyl sites for hydroxylation is 2. The van der Waals surface area contributed by atoms with E-state index in [0.717, 1.165) is 46.6 Å². The van der Waals surface area contributed by atoms with Crippen LogP contribution in [0.15, 0.2) is 48.5 Å². The fraction of sp³-hybridized carbons (Fsp3) is 0.250. The number of methoxy groups -OCH3 is 4. The van der Waals surface area contributed by atoms with Crippen LogP contribution in [-0.4, -0.2) is 28.4 Å². The van der Waals surface area contributed by atoms with E-state index in [2.05, 4.69) is 24.3 Å². The summed E-state index contributed by atoms with van der Waals surface area (Å²) in [6.45, 7) is 0. The molecule has 0 aliphatic carbocycles. The molecule has 0 N–H and O–H groups in total. The highest BCUT2D eigenvalue weighted by Crippen LogP contribution is 2.50. The fourth-order valence-electron chi connectivity index (χ4n) is 3.69. The molecule has 0 atom stereocenters. The zero-order chi connectivity index (χ0) is 20.4. The Morgan fingerprint density at radius 3 is 2.00 bits per heavy atom. The highest BCUT2D eigenvalue weighted by atomic mass is 16.5. The van der Waals surface area contributed by atoms with Gasteiger partial charge in [-0.05, 0) is 59.9 Å². The number of fused-ring (bicyclic) bond motifs is 2. The van der Waals surface area contributed by atoms with Gasteiger partial charge in [0, 0.05) is 5.56 Å². The Balaban J connectivity index is 1.74. The van der Waals surface area contributed by atoms with Crippen molar-refractivity contribution in [1.29, 1.82) is 0 Å². The Labute approximate surface area is 170 Å². The maximum Gasteiger partial charge on any atom is 0.208 e. The summed E-state index contributed by atoms with van der Waals surface area (Å²) in [4.78, 5) is 0. The first-order valence-corrected chi connectivity index (χ1v) is 9.45. The first kappa shape index (κ1) is 19.0. The molecule has 0 radical (unpaired) electrons. The largest absolute Gasteiger partial charge is 0.497 e. The Hall–Kier alpha value is -3.34. The van der Waals surface area contributed by atoms with E-state index in [-0.39, 0.29) is 0 Å². The summed E-state index contributed by atoms with van der Waals surface area (Å²) < 4.78 is 28.2. The molecule has 0 aromatic heterocycles. The number of hydrogen-bond acceptors (Lipinski definition) is 5. The average Bonchev–Trinajstić information content (AvgIpc) is 2.96. The number of ether oxygens (including phenoxy) is 5. The maximum atomic E-state index is 6.31. The average molecular weight is 392 g/mol. The van der Waals surface area contributed by atoms with Crippen molar-refractivity contribution >= 4 is 0 Å². The van der Waals surface area contributed by atoms with Crippen molar-refractivity contribution in [1.82, 2.24) is 0 Å². The van der Waals surface area contributed by atoms with E-state index >= 15 is 0 Å². The third-order valence-corrected chi connectivity index (χ3v) is 5.22. The minimum atomic E-state index is 0.534. The van der Waals surface area contributed by atoms with Gasteiger partial charge < -0.3 is 23.7 Å². The Morgan fingerprint density at radius 1 is 0.655 bits per heavy atom. The molecule has 0 fully saturated rings. The quantitative estimate of drug-likeness (QED) is 0.591. The molecular formula is C24H24O5. The van der Waals surface area contributed by atoms with E-state index in [1.165, 1.54) is 0 Å². The van der Waals surface area contributed by atoms with Gasteiger partial charge in [0.05, 0.1) is 28.4 Å². The predicted octanol–water partition coefficient (Wildman–Crippen LogP) is 5.28. The lowest BCUT2D eigenvalue weighted by Gasteiger charge is -2.18. The molecule has 1 aliphatic rings. The molecule has 1 aliphatic heterocycles. The van der Waals surface area contributed by atoms with Crippen LogP contribution in [0, 0.1) is 0 Å². The second-order valence-electron chi connectivity index (χ2n) is 6.79. The topological polar surface area (TPSA) is 46.2 Å². The molecule has 5 nitrogen and oxygen atoms in total. The van der Waals surface area contributed by atoms with Gasteiger partial charge in [-0.15, -0.1) is 0 Å². The SMILES string of the molecule is COc1ccc(-c2ccc3c(c2)CCc2cc(OC)c(OC)c(OC)c2O3)cc1. The van der Waals surface area contributed by atoms with E-state index in [1.54, 1.807) is 28.4 Å². The normalized spacial score (nSPS) is 12.1. The summed E-state index contributed by atoms with van der Waals surface area (Å²) in [5, 5.41) is 0. The van der Waals surface area contributed by atoms with Crippen molar-refractivity contribution in [3.63, 3.8) is 0 Å². The van der Waals surface area contributed by atoms with Gasteiger partial charge in [-0.3, -0.25) is 0 Å². The minimum Gasteiger partial charge on any atom is -0.497 e. The van der Waals surface area contributed by atoms with Crippen LogP contribution in [0.3, 0.4) is 0 Å². The van der Waals surface area contributed by atoms with Gasteiger partial charge in [-0.25, -0.2) is 0 Å². The smallest absolute Gasteiger partial charge is 0.208 e. The van der Waals surface area contributed by atoms with Crippen LogP contribution in [-0.2, 0) is 12.8 Å². The first-order chi connectivity index (χ1) is 14.2. The second-order valence-corrected chi connectivity index (χ2v) is 6.79. The van der Waals surface area contributed by atoms with Crippen LogP contribution in [0.1, 0.15) is 11.1 Å². The van der Waals surface area contributed by atoms with Crippen molar-refractivity contribution in [2.45, 2.75) is 12.8 Å².